The van der Waals surface area contributed by atoms with Crippen LogP contribution in [0.4, 0.5) is 4.39 Å². The highest BCUT2D eigenvalue weighted by molar-refractivity contribution is 5.76. The third kappa shape index (κ3) is 6.45. The summed E-state index contributed by atoms with van der Waals surface area (Å²) in [6, 6.07) is 5.59. The number of hydrogen-bond donors (Lipinski definition) is 3. The van der Waals surface area contributed by atoms with Crippen LogP contribution in [0.3, 0.4) is 0 Å². The zero-order chi connectivity index (χ0) is 17.4. The van der Waals surface area contributed by atoms with E-state index in [0.29, 0.717) is 24.0 Å². The topological polar surface area (TPSA) is 70.6 Å². The maximum atomic E-state index is 12.8. The van der Waals surface area contributed by atoms with Gasteiger partial charge >= 0.3 is 0 Å². The first-order valence-corrected chi connectivity index (χ1v) is 8.58. The molecule has 3 unspecified atom stereocenters. The van der Waals surface area contributed by atoms with Crippen molar-refractivity contribution in [3.05, 3.63) is 30.1 Å². The molecule has 1 aliphatic rings. The number of rotatable bonds is 8. The Kier molecular flexibility index (Phi) is 7.46. The molecule has 2 rings (SSSR count). The van der Waals surface area contributed by atoms with E-state index in [4.69, 9.17) is 4.74 Å². The summed E-state index contributed by atoms with van der Waals surface area (Å²) in [6.45, 7) is 4.34. The second-order valence-corrected chi connectivity index (χ2v) is 6.51. The molecule has 0 saturated carbocycles. The normalized spacial score (nSPS) is 20.2. The van der Waals surface area contributed by atoms with Gasteiger partial charge in [0.2, 0.25) is 5.91 Å². The van der Waals surface area contributed by atoms with Crippen LogP contribution in [0.2, 0.25) is 0 Å². The summed E-state index contributed by atoms with van der Waals surface area (Å²) >= 11 is 0. The smallest absolute Gasteiger partial charge is 0.220 e. The van der Waals surface area contributed by atoms with Crippen LogP contribution >= 0.6 is 0 Å². The number of hydrogen-bond acceptors (Lipinski definition) is 4. The molecule has 0 spiro atoms. The minimum atomic E-state index is -0.800. The largest absolute Gasteiger partial charge is 0.491 e. The molecule has 1 heterocycles. The van der Waals surface area contributed by atoms with Crippen molar-refractivity contribution in [2.24, 2.45) is 11.8 Å². The number of ether oxygens (including phenoxy) is 1. The lowest BCUT2D eigenvalue weighted by molar-refractivity contribution is -0.122. The van der Waals surface area contributed by atoms with Crippen LogP contribution in [0.5, 0.6) is 5.75 Å². The predicted molar refractivity (Wildman–Crippen MR) is 90.3 cm³/mol. The summed E-state index contributed by atoms with van der Waals surface area (Å²) in [4.78, 5) is 12.0. The Morgan fingerprint density at radius 1 is 1.46 bits per heavy atom. The fourth-order valence-corrected chi connectivity index (χ4v) is 2.91. The third-order valence-corrected chi connectivity index (χ3v) is 4.44. The number of aliphatic hydroxyl groups is 1. The van der Waals surface area contributed by atoms with E-state index in [9.17, 15) is 14.3 Å². The first kappa shape index (κ1) is 18.7. The van der Waals surface area contributed by atoms with Gasteiger partial charge in [0.05, 0.1) is 0 Å². The van der Waals surface area contributed by atoms with Crippen LogP contribution in [0.1, 0.15) is 26.2 Å². The van der Waals surface area contributed by atoms with Crippen molar-refractivity contribution in [1.82, 2.24) is 10.6 Å². The zero-order valence-corrected chi connectivity index (χ0v) is 14.1. The lowest BCUT2D eigenvalue weighted by atomic mass is 9.85. The first-order valence-electron chi connectivity index (χ1n) is 8.58. The Morgan fingerprint density at radius 2 is 2.21 bits per heavy atom. The fraction of sp³-hybridized carbons (Fsp3) is 0.611. The van der Waals surface area contributed by atoms with Crippen LogP contribution in [0.15, 0.2) is 24.3 Å². The van der Waals surface area contributed by atoms with Gasteiger partial charge in [0.15, 0.2) is 0 Å². The molecule has 0 aromatic heterocycles. The Balaban J connectivity index is 1.62. The maximum absolute atomic E-state index is 12.8. The van der Waals surface area contributed by atoms with E-state index in [1.54, 1.807) is 0 Å². The number of aliphatic hydroxyl groups excluding tert-OH is 1. The molecule has 1 aromatic rings. The highest BCUT2D eigenvalue weighted by atomic mass is 19.1. The second-order valence-electron chi connectivity index (χ2n) is 6.51. The van der Waals surface area contributed by atoms with Crippen LogP contribution in [-0.4, -0.2) is 43.4 Å². The van der Waals surface area contributed by atoms with Gasteiger partial charge in [0.25, 0.3) is 0 Å². The van der Waals surface area contributed by atoms with Gasteiger partial charge in [-0.3, -0.25) is 4.79 Å². The monoisotopic (exact) mass is 338 g/mol. The lowest BCUT2D eigenvalue weighted by Crippen LogP contribution is -2.38. The zero-order valence-electron chi connectivity index (χ0n) is 14.1. The summed E-state index contributed by atoms with van der Waals surface area (Å²) in [6.07, 6.45) is 1.99. The molecule has 3 atom stereocenters. The standard InChI is InChI=1S/C18H27FN2O3/c1-13(14-3-2-8-20-10-14)9-18(23)21-11-16(22)12-24-17-6-4-15(19)5-7-17/h4-7,13-14,16,20,22H,2-3,8-12H2,1H3,(H,21,23). The number of halogens is 1. The van der Waals surface area contributed by atoms with E-state index in [2.05, 4.69) is 17.6 Å². The van der Waals surface area contributed by atoms with Gasteiger partial charge in [0.1, 0.15) is 24.3 Å². The van der Waals surface area contributed by atoms with Crippen LogP contribution < -0.4 is 15.4 Å². The average molecular weight is 338 g/mol. The molecular weight excluding hydrogens is 311 g/mol. The lowest BCUT2D eigenvalue weighted by Gasteiger charge is -2.28. The van der Waals surface area contributed by atoms with E-state index in [0.717, 1.165) is 25.9 Å². The summed E-state index contributed by atoms with van der Waals surface area (Å²) in [5.41, 5.74) is 0. The van der Waals surface area contributed by atoms with Crippen LogP contribution in [0, 0.1) is 17.7 Å². The molecule has 0 aliphatic carbocycles. The van der Waals surface area contributed by atoms with Crippen molar-refractivity contribution >= 4 is 5.91 Å². The maximum Gasteiger partial charge on any atom is 0.220 e. The molecule has 1 aromatic carbocycles. The van der Waals surface area contributed by atoms with Gasteiger partial charge in [-0.2, -0.15) is 0 Å². The van der Waals surface area contributed by atoms with Crippen molar-refractivity contribution in [2.75, 3.05) is 26.2 Å². The van der Waals surface area contributed by atoms with E-state index in [1.165, 1.54) is 24.3 Å². The van der Waals surface area contributed by atoms with E-state index < -0.39 is 6.10 Å². The number of nitrogens with one attached hydrogen (secondary N) is 2. The Hall–Kier alpha value is -1.66. The van der Waals surface area contributed by atoms with Crippen LogP contribution in [-0.2, 0) is 4.79 Å². The summed E-state index contributed by atoms with van der Waals surface area (Å²) in [5.74, 6) is 0.966. The first-order chi connectivity index (χ1) is 11.5. The number of piperidine rings is 1. The van der Waals surface area contributed by atoms with E-state index in [-0.39, 0.29) is 24.9 Å². The molecule has 1 fully saturated rings. The van der Waals surface area contributed by atoms with E-state index >= 15 is 0 Å². The van der Waals surface area contributed by atoms with Crippen LogP contribution in [0.25, 0.3) is 0 Å². The number of benzene rings is 1. The fourth-order valence-electron chi connectivity index (χ4n) is 2.91. The molecule has 134 valence electrons. The highest BCUT2D eigenvalue weighted by Crippen LogP contribution is 2.22. The van der Waals surface area contributed by atoms with Gasteiger partial charge in [-0.15, -0.1) is 0 Å². The summed E-state index contributed by atoms with van der Waals surface area (Å²) in [7, 11) is 0. The molecule has 1 aliphatic heterocycles. The third-order valence-electron chi connectivity index (χ3n) is 4.44. The van der Waals surface area contributed by atoms with Gasteiger partial charge in [-0.1, -0.05) is 6.92 Å². The van der Waals surface area contributed by atoms with Gasteiger partial charge < -0.3 is 20.5 Å². The minimum absolute atomic E-state index is 0.0473. The minimum Gasteiger partial charge on any atom is -0.491 e. The number of carbonyl (C=O) groups is 1. The number of amides is 1. The van der Waals surface area contributed by atoms with Crippen molar-refractivity contribution < 1.29 is 19.0 Å². The molecule has 5 nitrogen and oxygen atoms in total. The van der Waals surface area contributed by atoms with Gasteiger partial charge in [-0.25, -0.2) is 4.39 Å². The van der Waals surface area contributed by atoms with Crippen molar-refractivity contribution in [3.63, 3.8) is 0 Å². The molecule has 0 radical (unpaired) electrons. The quantitative estimate of drug-likeness (QED) is 0.675. The Labute approximate surface area is 142 Å². The molecule has 3 N–H and O–H groups in total. The molecule has 24 heavy (non-hydrogen) atoms. The molecule has 6 heteroatoms. The van der Waals surface area contributed by atoms with Gasteiger partial charge in [-0.05, 0) is 62.0 Å². The predicted octanol–water partition coefficient (Wildman–Crippen LogP) is 1.71. The second kappa shape index (κ2) is 9.59. The molecule has 0 bridgehead atoms. The summed E-state index contributed by atoms with van der Waals surface area (Å²) in [5, 5.41) is 16.0. The number of carbonyl (C=O) groups excluding carboxylic acids is 1. The summed E-state index contributed by atoms with van der Waals surface area (Å²) < 4.78 is 18.1. The van der Waals surface area contributed by atoms with Crippen molar-refractivity contribution in [3.8, 4) is 5.75 Å². The van der Waals surface area contributed by atoms with Crippen molar-refractivity contribution in [2.45, 2.75) is 32.3 Å². The molecular formula is C18H27FN2O3. The Morgan fingerprint density at radius 3 is 2.88 bits per heavy atom. The SMILES string of the molecule is CC(CC(=O)NCC(O)COc1ccc(F)cc1)C1CCCNC1. The van der Waals surface area contributed by atoms with E-state index in [1.807, 2.05) is 0 Å². The molecule has 1 saturated heterocycles. The molecule has 1 amide bonds. The van der Waals surface area contributed by atoms with Crippen molar-refractivity contribution in [1.29, 1.82) is 0 Å². The highest BCUT2D eigenvalue weighted by Gasteiger charge is 2.22. The average Bonchev–Trinajstić information content (AvgIpc) is 2.60. The van der Waals surface area contributed by atoms with Gasteiger partial charge in [0, 0.05) is 13.0 Å². The Bertz CT molecular complexity index is 503.